The fourth-order valence-corrected chi connectivity index (χ4v) is 4.93. The van der Waals surface area contributed by atoms with Gasteiger partial charge in [-0.25, -0.2) is 9.97 Å². The zero-order valence-corrected chi connectivity index (χ0v) is 25.0. The van der Waals surface area contributed by atoms with E-state index in [0.717, 1.165) is 37.2 Å². The van der Waals surface area contributed by atoms with Gasteiger partial charge in [0.15, 0.2) is 24.1 Å². The summed E-state index contributed by atoms with van der Waals surface area (Å²) in [6.45, 7) is 6.78. The number of halogens is 1. The lowest BCUT2D eigenvalue weighted by Gasteiger charge is -2.26. The summed E-state index contributed by atoms with van der Waals surface area (Å²) >= 11 is 6.45. The number of rotatable bonds is 15. The van der Waals surface area contributed by atoms with Gasteiger partial charge in [0.1, 0.15) is 0 Å². The van der Waals surface area contributed by atoms with Crippen LogP contribution in [0.5, 0.6) is 11.5 Å². The van der Waals surface area contributed by atoms with E-state index in [2.05, 4.69) is 33.1 Å². The van der Waals surface area contributed by atoms with Crippen LogP contribution in [0.2, 0.25) is 5.02 Å². The van der Waals surface area contributed by atoms with E-state index in [-0.39, 0.29) is 12.2 Å². The van der Waals surface area contributed by atoms with E-state index in [9.17, 15) is 14.6 Å². The number of carbonyl (C=O) groups is 1. The molecule has 0 spiro atoms. The molecule has 1 aromatic heterocycles. The first-order valence-electron chi connectivity index (χ1n) is 13.7. The molecule has 0 radical (unpaired) electrons. The number of anilines is 2. The molecule has 0 aliphatic carbocycles. The zero-order chi connectivity index (χ0) is 30.0. The lowest BCUT2D eigenvalue weighted by atomic mass is 10.0. The van der Waals surface area contributed by atoms with Crippen molar-refractivity contribution >= 4 is 42.9 Å². The summed E-state index contributed by atoms with van der Waals surface area (Å²) < 4.78 is 16.6. The van der Waals surface area contributed by atoms with Crippen LogP contribution in [0.1, 0.15) is 31.2 Å². The van der Waals surface area contributed by atoms with Crippen LogP contribution in [0.4, 0.5) is 11.6 Å². The molecule has 1 aliphatic heterocycles. The molecule has 0 saturated carbocycles. The maximum Gasteiger partial charge on any atom is 0.248 e. The van der Waals surface area contributed by atoms with Crippen molar-refractivity contribution in [1.29, 1.82) is 0 Å². The molecule has 0 amide bonds. The van der Waals surface area contributed by atoms with Crippen LogP contribution in [0.15, 0.2) is 61.3 Å². The first kappa shape index (κ1) is 31.7. The largest absolute Gasteiger partial charge is 0.490 e. The minimum atomic E-state index is -3.69. The number of benzene rings is 2. The maximum absolute atomic E-state index is 11.8. The van der Waals surface area contributed by atoms with E-state index < -0.39 is 14.4 Å². The average molecular weight is 615 g/mol. The molecule has 2 aromatic carbocycles. The Balaban J connectivity index is 1.49. The number of likely N-dealkylation sites (tertiary alicyclic amines) is 1. The normalized spacial score (nSPS) is 13.9. The second kappa shape index (κ2) is 15.3. The van der Waals surface area contributed by atoms with Crippen molar-refractivity contribution in [2.45, 2.75) is 32.1 Å². The predicted molar refractivity (Wildman–Crippen MR) is 167 cm³/mol. The van der Waals surface area contributed by atoms with Crippen molar-refractivity contribution in [2.24, 2.45) is 0 Å². The molecule has 12 heteroatoms. The smallest absolute Gasteiger partial charge is 0.248 e. The summed E-state index contributed by atoms with van der Waals surface area (Å²) in [6, 6.07) is 12.6. The molecular weight excluding hydrogens is 579 g/mol. The summed E-state index contributed by atoms with van der Waals surface area (Å²) in [7, 11) is -3.69. The van der Waals surface area contributed by atoms with Crippen LogP contribution >= 0.6 is 19.2 Å². The van der Waals surface area contributed by atoms with Gasteiger partial charge in [-0.15, -0.1) is 0 Å². The molecule has 1 fully saturated rings. The molecule has 4 rings (SSSR count). The fourth-order valence-electron chi connectivity index (χ4n) is 4.51. The number of carbonyl (C=O) groups excluding carboxylic acids is 1. The monoisotopic (exact) mass is 614 g/mol. The summed E-state index contributed by atoms with van der Waals surface area (Å²) in [5, 5.41) is 3.55. The molecule has 224 valence electrons. The highest BCUT2D eigenvalue weighted by Gasteiger charge is 2.14. The minimum absolute atomic E-state index is 0.0770. The number of hydrogen-bond donors (Lipinski definition) is 3. The van der Waals surface area contributed by atoms with Crippen LogP contribution in [-0.2, 0) is 15.7 Å². The van der Waals surface area contributed by atoms with E-state index in [1.54, 1.807) is 18.2 Å². The standard InChI is InChI=1S/C30H36ClN4O6P/c1-3-25(36)18-22-9-7-10-23(17-22)29-26(31)20-32-30(34-29)33-24-11-12-27(40-21-41-42(2,37)38)28(19-24)39-16-8-15-35-13-5-4-6-14-35/h3,7,9-12,17,19-20,37-38H,1-2,4-6,8,13-16,18,21H2,(H,32,33,34). The van der Waals surface area contributed by atoms with E-state index >= 15 is 0 Å². The van der Waals surface area contributed by atoms with E-state index in [4.69, 9.17) is 25.6 Å². The van der Waals surface area contributed by atoms with Crippen LogP contribution in [0.25, 0.3) is 11.3 Å². The third-order valence-corrected chi connectivity index (χ3v) is 7.34. The molecule has 1 aliphatic rings. The highest BCUT2D eigenvalue weighted by Crippen LogP contribution is 2.37. The molecule has 10 nitrogen and oxygen atoms in total. The van der Waals surface area contributed by atoms with Crippen LogP contribution in [0, 0.1) is 0 Å². The number of ether oxygens (including phenoxy) is 2. The number of ketones is 1. The Morgan fingerprint density at radius 1 is 1.12 bits per heavy atom. The molecule has 1 saturated heterocycles. The number of allylic oxidation sites excluding steroid dienone is 1. The Hall–Kier alpha value is -3.24. The Labute approximate surface area is 251 Å². The first-order valence-corrected chi connectivity index (χ1v) is 15.9. The number of piperidine rings is 1. The minimum Gasteiger partial charge on any atom is -0.490 e. The molecule has 3 aromatic rings. The van der Waals surface area contributed by atoms with Crippen molar-refractivity contribution in [3.8, 4) is 22.8 Å². The van der Waals surface area contributed by atoms with Crippen molar-refractivity contribution < 1.29 is 28.6 Å². The van der Waals surface area contributed by atoms with Gasteiger partial charge in [0.25, 0.3) is 0 Å². The zero-order valence-electron chi connectivity index (χ0n) is 23.4. The SMILES string of the molecule is C=CC(=O)Cc1cccc(-c2nc(Nc3ccc(OCOP(=C)(O)O)c(OCCCN4CCCCC4)c3)ncc2Cl)c1. The second-order valence-corrected chi connectivity index (χ2v) is 11.9. The molecule has 42 heavy (non-hydrogen) atoms. The number of hydrogen-bond acceptors (Lipinski definition) is 10. The van der Waals surface area contributed by atoms with Gasteiger partial charge in [0.2, 0.25) is 13.5 Å². The van der Waals surface area contributed by atoms with Gasteiger partial charge in [-0.05, 0) is 68.5 Å². The Morgan fingerprint density at radius 2 is 1.93 bits per heavy atom. The quantitative estimate of drug-likeness (QED) is 0.0858. The Bertz CT molecular complexity index is 1430. The number of nitrogens with zero attached hydrogens (tertiary/aromatic N) is 3. The topological polar surface area (TPSA) is 126 Å². The van der Waals surface area contributed by atoms with Crippen molar-refractivity contribution in [1.82, 2.24) is 14.9 Å². The molecule has 0 atom stereocenters. The second-order valence-electron chi connectivity index (χ2n) is 9.88. The molecule has 0 bridgehead atoms. The van der Waals surface area contributed by atoms with Crippen molar-refractivity contribution in [3.05, 3.63) is 71.9 Å². The summed E-state index contributed by atoms with van der Waals surface area (Å²) in [4.78, 5) is 42.1. The highest BCUT2D eigenvalue weighted by molar-refractivity contribution is 7.57. The van der Waals surface area contributed by atoms with Crippen LogP contribution < -0.4 is 14.8 Å². The van der Waals surface area contributed by atoms with Gasteiger partial charge in [0.05, 0.1) is 23.5 Å². The van der Waals surface area contributed by atoms with Gasteiger partial charge in [-0.3, -0.25) is 9.32 Å². The highest BCUT2D eigenvalue weighted by atomic mass is 35.5. The lowest BCUT2D eigenvalue weighted by molar-refractivity contribution is -0.114. The Kier molecular flexibility index (Phi) is 11.5. The summed E-state index contributed by atoms with van der Waals surface area (Å²) in [5.74, 6) is 1.05. The average Bonchev–Trinajstić information content (AvgIpc) is 2.97. The molecule has 2 heterocycles. The summed E-state index contributed by atoms with van der Waals surface area (Å²) in [5.41, 5.74) is 2.72. The third-order valence-electron chi connectivity index (χ3n) is 6.55. The molecule has 3 N–H and O–H groups in total. The van der Waals surface area contributed by atoms with Crippen LogP contribution in [-0.4, -0.2) is 69.8 Å². The van der Waals surface area contributed by atoms with Crippen LogP contribution in [0.3, 0.4) is 0 Å². The maximum atomic E-state index is 11.8. The van der Waals surface area contributed by atoms with E-state index in [1.165, 1.54) is 31.5 Å². The molecular formula is C30H36ClN4O6P. The number of aromatic nitrogens is 2. The summed E-state index contributed by atoms with van der Waals surface area (Å²) in [6.07, 6.45) is 10.8. The van der Waals surface area contributed by atoms with Gasteiger partial charge in [-0.1, -0.05) is 42.8 Å². The van der Waals surface area contributed by atoms with Crippen molar-refractivity contribution in [3.63, 3.8) is 0 Å². The number of nitrogens with one attached hydrogen (secondary N) is 1. The van der Waals surface area contributed by atoms with Gasteiger partial charge >= 0.3 is 0 Å². The Morgan fingerprint density at radius 3 is 2.69 bits per heavy atom. The van der Waals surface area contributed by atoms with Gasteiger partial charge in [0, 0.05) is 30.3 Å². The van der Waals surface area contributed by atoms with Gasteiger partial charge < -0.3 is 29.5 Å². The third kappa shape index (κ3) is 9.94. The van der Waals surface area contributed by atoms with Crippen molar-refractivity contribution in [2.75, 3.05) is 38.4 Å². The van der Waals surface area contributed by atoms with E-state index in [1.807, 2.05) is 24.3 Å². The lowest BCUT2D eigenvalue weighted by Crippen LogP contribution is -2.31. The van der Waals surface area contributed by atoms with E-state index in [0.29, 0.717) is 40.5 Å². The van der Waals surface area contributed by atoms with Gasteiger partial charge in [-0.2, -0.15) is 0 Å². The predicted octanol–water partition coefficient (Wildman–Crippen LogP) is 5.63. The first-order chi connectivity index (χ1) is 20.2. The fraction of sp³-hybridized carbons (Fsp3) is 0.333. The molecule has 0 unspecified atom stereocenters.